The van der Waals surface area contributed by atoms with Crippen LogP contribution in [-0.4, -0.2) is 18.3 Å². The molecule has 0 spiro atoms. The molecule has 0 saturated heterocycles. The van der Waals surface area contributed by atoms with Crippen LogP contribution in [0.25, 0.3) is 250 Å². The van der Waals surface area contributed by atoms with E-state index in [0.717, 1.165) is 105 Å². The molecule has 8 aromatic heterocycles. The Hall–Kier alpha value is -16.7. The number of alkyl halides is 12. The van der Waals surface area contributed by atoms with E-state index < -0.39 is 52.5 Å². The van der Waals surface area contributed by atoms with Crippen LogP contribution in [0.4, 0.5) is 52.7 Å². The van der Waals surface area contributed by atoms with Crippen molar-refractivity contribution < 1.29 is 61.5 Å². The average Bonchev–Trinajstić information content (AvgIpc) is 1.55. The summed E-state index contributed by atoms with van der Waals surface area (Å²) in [7, 11) is 0. The maximum Gasteiger partial charge on any atom is 0.416 e. The third-order valence-electron chi connectivity index (χ3n) is 26.9. The molecule has 0 aliphatic carbocycles. The minimum atomic E-state index is -5.23. The molecule has 0 atom stereocenters. The molecule has 0 aliphatic rings. The van der Waals surface area contributed by atoms with Crippen molar-refractivity contribution in [3.05, 3.63) is 373 Å². The molecule has 0 amide bonds. The Bertz CT molecular complexity index is 9270. The van der Waals surface area contributed by atoms with Crippen LogP contribution in [0.2, 0.25) is 0 Å². The second-order valence-corrected chi connectivity index (χ2v) is 36.4. The second kappa shape index (κ2) is 28.9. The summed E-state index contributed by atoms with van der Waals surface area (Å²) >= 11 is 3.23. The van der Waals surface area contributed by atoms with Gasteiger partial charge in [-0.05, 0) is 215 Å². The van der Waals surface area contributed by atoms with Gasteiger partial charge < -0.3 is 27.1 Å². The van der Waals surface area contributed by atoms with Gasteiger partial charge in [0.1, 0.15) is 22.3 Å². The lowest BCUT2D eigenvalue weighted by Gasteiger charge is -2.21. The van der Waals surface area contributed by atoms with Crippen molar-refractivity contribution in [1.29, 1.82) is 10.5 Å². The summed E-state index contributed by atoms with van der Waals surface area (Å²) in [4.78, 5) is 0. The summed E-state index contributed by atoms with van der Waals surface area (Å²) in [5.74, 6) is 0. The number of halogens is 12. The van der Waals surface area contributed by atoms with Crippen molar-refractivity contribution in [3.8, 4) is 90.5 Å². The van der Waals surface area contributed by atoms with Crippen molar-refractivity contribution in [2.24, 2.45) is 0 Å². The molecule has 0 unspecified atom stereocenters. The molecule has 0 aliphatic heterocycles. The van der Waals surface area contributed by atoms with Crippen LogP contribution < -0.4 is 0 Å². The first-order chi connectivity index (χ1) is 65.8. The fraction of sp³-hybridized carbons (Fsp3) is 0.0351. The molecule has 0 radical (unpaired) electrons. The number of thiophene rings is 2. The standard InChI is InChI=1S/C114H56F12N6O2S2/c115-111(116,117)67-47-65(48-68(55-67)112(118,119)120)61-29-39-91(85(51-61)83-45-59(57-127)25-37-89(83)129-87-19-7-1-17-79(87)103-93(129)41-33-75-71-13-3-9-21-99(71)133-107(75)103)131-94-42-34-76-72-14-4-10-22-100(72)134-108(76)104(94)81-31-27-63(53-97(81)131)64-28-32-82-98(54-64)132(96-44-36-78-74-16-6-12-24-102(74)136-110(78)106(82)96)92-40-30-62(66-49-69(113(121,122)123)56-70(50-66)114(124,125)126)52-86(92)84-46-60(58-128)26-38-90(84)130-88-20-8-2-18-80(88)105-95(130)43-35-77-73-15-5-11-23-101(73)135-109(77)105/h1-56H. The summed E-state index contributed by atoms with van der Waals surface area (Å²) in [6.45, 7) is 0. The minimum Gasteiger partial charge on any atom is -0.455 e. The Balaban J connectivity index is 0.758. The molecule has 650 valence electrons. The summed E-state index contributed by atoms with van der Waals surface area (Å²) in [5.41, 5.74) is 5.29. The Morgan fingerprint density at radius 1 is 0.228 bits per heavy atom. The van der Waals surface area contributed by atoms with Crippen LogP contribution in [0, 0.1) is 22.7 Å². The highest BCUT2D eigenvalue weighted by Crippen LogP contribution is 2.54. The molecular weight excluding hydrogens is 1780 g/mol. The van der Waals surface area contributed by atoms with Gasteiger partial charge in [-0.2, -0.15) is 63.2 Å². The number of aromatic nitrogens is 4. The first kappa shape index (κ1) is 80.2. The molecule has 136 heavy (non-hydrogen) atoms. The van der Waals surface area contributed by atoms with Gasteiger partial charge in [-0.15, -0.1) is 22.7 Å². The zero-order valence-corrected chi connectivity index (χ0v) is 71.8. The van der Waals surface area contributed by atoms with E-state index in [1.54, 1.807) is 77.3 Å². The largest absolute Gasteiger partial charge is 0.455 e. The van der Waals surface area contributed by atoms with Gasteiger partial charge in [-0.25, -0.2) is 0 Å². The van der Waals surface area contributed by atoms with Crippen molar-refractivity contribution in [2.45, 2.75) is 24.7 Å². The van der Waals surface area contributed by atoms with E-state index >= 15 is 52.7 Å². The number of benzene rings is 18. The number of fused-ring (bicyclic) bond motifs is 28. The lowest BCUT2D eigenvalue weighted by molar-refractivity contribution is -0.144. The Morgan fingerprint density at radius 3 is 0.919 bits per heavy atom. The molecule has 26 aromatic rings. The lowest BCUT2D eigenvalue weighted by Crippen LogP contribution is -2.11. The smallest absolute Gasteiger partial charge is 0.416 e. The van der Waals surface area contributed by atoms with Crippen LogP contribution in [0.3, 0.4) is 0 Å². The molecule has 0 N–H and O–H groups in total. The molecule has 22 heteroatoms. The highest BCUT2D eigenvalue weighted by atomic mass is 32.1. The number of nitriles is 2. The monoisotopic (exact) mass is 1830 g/mol. The number of furan rings is 2. The van der Waals surface area contributed by atoms with E-state index in [9.17, 15) is 10.5 Å². The van der Waals surface area contributed by atoms with Gasteiger partial charge in [0.05, 0.1) is 123 Å². The first-order valence-electron chi connectivity index (χ1n) is 43.3. The van der Waals surface area contributed by atoms with Gasteiger partial charge in [0, 0.05) is 116 Å². The van der Waals surface area contributed by atoms with E-state index in [1.807, 2.05) is 215 Å². The zero-order valence-electron chi connectivity index (χ0n) is 70.2. The van der Waals surface area contributed by atoms with E-state index in [1.165, 1.54) is 12.1 Å². The quantitative estimate of drug-likeness (QED) is 0.135. The zero-order chi connectivity index (χ0) is 92.2. The highest BCUT2D eigenvalue weighted by Gasteiger charge is 2.40. The third-order valence-corrected chi connectivity index (χ3v) is 29.3. The number of nitrogens with zero attached hydrogens (tertiary/aromatic N) is 6. The van der Waals surface area contributed by atoms with E-state index in [-0.39, 0.29) is 45.5 Å². The van der Waals surface area contributed by atoms with Crippen molar-refractivity contribution in [2.75, 3.05) is 0 Å². The highest BCUT2D eigenvalue weighted by molar-refractivity contribution is 7.27. The fourth-order valence-electron chi connectivity index (χ4n) is 21.0. The molecule has 0 bridgehead atoms. The fourth-order valence-corrected chi connectivity index (χ4v) is 23.5. The third kappa shape index (κ3) is 12.0. The van der Waals surface area contributed by atoms with Crippen molar-refractivity contribution in [3.63, 3.8) is 0 Å². The predicted molar refractivity (Wildman–Crippen MR) is 521 cm³/mol. The Labute approximate surface area is 767 Å². The van der Waals surface area contributed by atoms with E-state index in [4.69, 9.17) is 8.83 Å². The summed E-state index contributed by atoms with van der Waals surface area (Å²) in [6.07, 6.45) is -20.9. The maximum atomic E-state index is 15.3. The molecule has 0 fully saturated rings. The van der Waals surface area contributed by atoms with Crippen LogP contribution in [-0.2, 0) is 24.7 Å². The number of hydrogen-bond donors (Lipinski definition) is 0. The van der Waals surface area contributed by atoms with Gasteiger partial charge in [0.15, 0.2) is 0 Å². The van der Waals surface area contributed by atoms with E-state index in [2.05, 4.69) is 51.6 Å². The predicted octanol–water partition coefficient (Wildman–Crippen LogP) is 34.8. The number of para-hydroxylation sites is 4. The molecule has 18 aromatic carbocycles. The SMILES string of the molecule is N#Cc1ccc(-n2c3ccccc3c3c4oc5ccccc5c4ccc32)c(-c2cc(-c3cc(C(F)(F)F)cc(C(F)(F)F)c3)ccc2-n2c3cc(-c4ccc5c6c7sc8ccccc8c7ccc6n(-c6ccc(-c7cc(C(F)(F)F)cc(C(F)(F)F)c7)cc6-c6cc(C#N)ccc6-n6c7ccccc7c7c8sc9ccccc9c8ccc76)c5c4)ccc3c3c4oc5ccccc5c4ccc32)c1. The van der Waals surface area contributed by atoms with Crippen LogP contribution in [0.15, 0.2) is 349 Å². The molecule has 0 saturated carbocycles. The maximum absolute atomic E-state index is 15.3. The van der Waals surface area contributed by atoms with Gasteiger partial charge >= 0.3 is 24.7 Å². The van der Waals surface area contributed by atoms with Crippen LogP contribution >= 0.6 is 22.7 Å². The lowest BCUT2D eigenvalue weighted by atomic mass is 9.93. The Kier molecular flexibility index (Phi) is 17.1. The summed E-state index contributed by atoms with van der Waals surface area (Å²) in [5, 5.41) is 35.9. The van der Waals surface area contributed by atoms with Crippen molar-refractivity contribution in [1.82, 2.24) is 18.3 Å². The number of rotatable bonds is 9. The van der Waals surface area contributed by atoms with Crippen LogP contribution in [0.5, 0.6) is 0 Å². The minimum absolute atomic E-state index is 0.0100. The van der Waals surface area contributed by atoms with Crippen molar-refractivity contribution >= 4 is 194 Å². The first-order valence-corrected chi connectivity index (χ1v) is 44.9. The molecule has 26 rings (SSSR count). The summed E-state index contributed by atoms with van der Waals surface area (Å²) < 4.78 is 209. The van der Waals surface area contributed by atoms with E-state index in [0.29, 0.717) is 141 Å². The number of hydrogen-bond acceptors (Lipinski definition) is 6. The topological polar surface area (TPSA) is 93.6 Å². The Morgan fingerprint density at radius 2 is 0.522 bits per heavy atom. The summed E-state index contributed by atoms with van der Waals surface area (Å²) in [6, 6.07) is 103. The average molecular weight is 1830 g/mol. The van der Waals surface area contributed by atoms with Gasteiger partial charge in [0.25, 0.3) is 0 Å². The van der Waals surface area contributed by atoms with Gasteiger partial charge in [0.2, 0.25) is 0 Å². The molecule has 8 heterocycles. The van der Waals surface area contributed by atoms with Gasteiger partial charge in [-0.3, -0.25) is 0 Å². The molecular formula is C114H56F12N6O2S2. The normalized spacial score (nSPS) is 12.7. The van der Waals surface area contributed by atoms with Gasteiger partial charge in [-0.1, -0.05) is 158 Å². The molecule has 8 nitrogen and oxygen atoms in total. The van der Waals surface area contributed by atoms with Crippen LogP contribution in [0.1, 0.15) is 33.4 Å². The second-order valence-electron chi connectivity index (χ2n) is 34.3.